The topological polar surface area (TPSA) is 71.1 Å². The molecule has 0 unspecified atom stereocenters. The third-order valence-electron chi connectivity index (χ3n) is 3.72. The Morgan fingerprint density at radius 2 is 1.85 bits per heavy atom. The number of amides is 2. The van der Waals surface area contributed by atoms with Crippen LogP contribution in [0.3, 0.4) is 0 Å². The second-order valence-corrected chi connectivity index (χ2v) is 7.82. The van der Waals surface area contributed by atoms with Gasteiger partial charge in [0, 0.05) is 5.69 Å². The Morgan fingerprint density at radius 3 is 2.65 bits per heavy atom. The summed E-state index contributed by atoms with van der Waals surface area (Å²) < 4.78 is 1.95. The molecule has 3 aromatic rings. The summed E-state index contributed by atoms with van der Waals surface area (Å²) in [7, 11) is 0. The van der Waals surface area contributed by atoms with Gasteiger partial charge in [-0.05, 0) is 30.2 Å². The minimum atomic E-state index is -0.232. The molecule has 0 bridgehead atoms. The van der Waals surface area contributed by atoms with Gasteiger partial charge in [0.15, 0.2) is 4.34 Å². The van der Waals surface area contributed by atoms with Crippen molar-refractivity contribution in [2.24, 2.45) is 0 Å². The number of aryl methyl sites for hydroxylation is 1. The van der Waals surface area contributed by atoms with Crippen LogP contribution in [0.1, 0.15) is 12.5 Å². The molecule has 0 aliphatic heterocycles. The molecule has 7 heteroatoms. The molecule has 2 aromatic carbocycles. The second kappa shape index (κ2) is 8.82. The number of carbonyl (C=O) groups excluding carboxylic acids is 2. The third kappa shape index (κ3) is 4.83. The zero-order valence-corrected chi connectivity index (χ0v) is 16.0. The fourth-order valence-corrected chi connectivity index (χ4v) is 4.31. The Labute approximate surface area is 160 Å². The number of thiazole rings is 1. The third-order valence-corrected chi connectivity index (χ3v) is 5.90. The fourth-order valence-electron chi connectivity index (χ4n) is 2.41. The number of nitrogens with zero attached hydrogens (tertiary/aromatic N) is 1. The molecule has 0 saturated carbocycles. The summed E-state index contributed by atoms with van der Waals surface area (Å²) in [6, 6.07) is 15.5. The van der Waals surface area contributed by atoms with Crippen LogP contribution >= 0.6 is 23.1 Å². The number of aromatic nitrogens is 1. The summed E-state index contributed by atoms with van der Waals surface area (Å²) in [5.74, 6) is -0.184. The van der Waals surface area contributed by atoms with E-state index in [4.69, 9.17) is 0 Å². The molecule has 0 atom stereocenters. The van der Waals surface area contributed by atoms with E-state index in [0.717, 1.165) is 32.2 Å². The van der Waals surface area contributed by atoms with Crippen molar-refractivity contribution in [1.82, 2.24) is 10.3 Å². The van der Waals surface area contributed by atoms with E-state index in [1.165, 1.54) is 11.8 Å². The predicted molar refractivity (Wildman–Crippen MR) is 108 cm³/mol. The van der Waals surface area contributed by atoms with Crippen LogP contribution in [-0.4, -0.2) is 29.1 Å². The van der Waals surface area contributed by atoms with Crippen molar-refractivity contribution in [2.75, 3.05) is 17.6 Å². The highest BCUT2D eigenvalue weighted by Crippen LogP contribution is 2.28. The number of benzene rings is 2. The Morgan fingerprint density at radius 1 is 1.08 bits per heavy atom. The number of hydrogen-bond donors (Lipinski definition) is 2. The standard InChI is InChI=1S/C19H19N3O2S2/c1-2-13-7-3-4-8-14(13)21-17(23)11-20-18(24)12-25-19-22-15-9-5-6-10-16(15)26-19/h3-10H,2,11-12H2,1H3,(H,20,24)(H,21,23). The van der Waals surface area contributed by atoms with Crippen LogP contribution in [-0.2, 0) is 16.0 Å². The van der Waals surface area contributed by atoms with Crippen LogP contribution in [0.2, 0.25) is 0 Å². The van der Waals surface area contributed by atoms with Gasteiger partial charge in [-0.2, -0.15) is 0 Å². The molecule has 0 fully saturated rings. The molecule has 0 aliphatic carbocycles. The van der Waals surface area contributed by atoms with Crippen molar-refractivity contribution in [1.29, 1.82) is 0 Å². The highest BCUT2D eigenvalue weighted by atomic mass is 32.2. The zero-order valence-electron chi connectivity index (χ0n) is 14.3. The number of anilines is 1. The summed E-state index contributed by atoms with van der Waals surface area (Å²) in [5.41, 5.74) is 2.80. The van der Waals surface area contributed by atoms with Crippen LogP contribution in [0.15, 0.2) is 52.9 Å². The molecule has 134 valence electrons. The van der Waals surface area contributed by atoms with Crippen LogP contribution < -0.4 is 10.6 Å². The van der Waals surface area contributed by atoms with Gasteiger partial charge in [-0.15, -0.1) is 11.3 Å². The quantitative estimate of drug-likeness (QED) is 0.608. The largest absolute Gasteiger partial charge is 0.346 e. The normalized spacial score (nSPS) is 10.7. The Hall–Kier alpha value is -2.38. The summed E-state index contributed by atoms with van der Waals surface area (Å²) in [6.07, 6.45) is 0.835. The summed E-state index contributed by atoms with van der Waals surface area (Å²) in [6.45, 7) is 1.99. The molecule has 26 heavy (non-hydrogen) atoms. The molecule has 1 heterocycles. The molecule has 0 saturated heterocycles. The molecular weight excluding hydrogens is 366 g/mol. The highest BCUT2D eigenvalue weighted by Gasteiger charge is 2.10. The van der Waals surface area contributed by atoms with E-state index in [-0.39, 0.29) is 24.1 Å². The average molecular weight is 386 g/mol. The minimum absolute atomic E-state index is 0.0444. The fraction of sp³-hybridized carbons (Fsp3) is 0.211. The first-order valence-corrected chi connectivity index (χ1v) is 10.1. The van der Waals surface area contributed by atoms with E-state index >= 15 is 0 Å². The minimum Gasteiger partial charge on any atom is -0.346 e. The van der Waals surface area contributed by atoms with Crippen molar-refractivity contribution in [3.05, 3.63) is 54.1 Å². The Bertz CT molecular complexity index is 891. The number of hydrogen-bond acceptors (Lipinski definition) is 5. The van der Waals surface area contributed by atoms with Gasteiger partial charge in [0.05, 0.1) is 22.5 Å². The van der Waals surface area contributed by atoms with E-state index in [2.05, 4.69) is 15.6 Å². The van der Waals surface area contributed by atoms with Crippen LogP contribution in [0.25, 0.3) is 10.2 Å². The molecule has 0 radical (unpaired) electrons. The van der Waals surface area contributed by atoms with Gasteiger partial charge in [-0.3, -0.25) is 9.59 Å². The number of carbonyl (C=O) groups is 2. The van der Waals surface area contributed by atoms with Crippen LogP contribution in [0, 0.1) is 0 Å². The van der Waals surface area contributed by atoms with E-state index in [1.807, 2.05) is 55.5 Å². The van der Waals surface area contributed by atoms with E-state index in [0.29, 0.717) is 0 Å². The van der Waals surface area contributed by atoms with E-state index in [1.54, 1.807) is 11.3 Å². The first kappa shape index (κ1) is 18.4. The predicted octanol–water partition coefficient (Wildman–Crippen LogP) is 3.71. The van der Waals surface area contributed by atoms with Crippen LogP contribution in [0.5, 0.6) is 0 Å². The van der Waals surface area contributed by atoms with Crippen molar-refractivity contribution in [3.63, 3.8) is 0 Å². The summed E-state index contributed by atoms with van der Waals surface area (Å²) >= 11 is 2.94. The van der Waals surface area contributed by atoms with Gasteiger partial charge in [0.25, 0.3) is 0 Å². The maximum absolute atomic E-state index is 12.0. The first-order chi connectivity index (χ1) is 12.7. The number of para-hydroxylation sites is 2. The van der Waals surface area contributed by atoms with Crippen molar-refractivity contribution < 1.29 is 9.59 Å². The lowest BCUT2D eigenvalue weighted by Crippen LogP contribution is -2.34. The molecular formula is C19H19N3O2S2. The second-order valence-electron chi connectivity index (χ2n) is 5.57. The van der Waals surface area contributed by atoms with Crippen molar-refractivity contribution >= 4 is 50.8 Å². The molecule has 5 nitrogen and oxygen atoms in total. The molecule has 0 spiro atoms. The Kier molecular flexibility index (Phi) is 6.25. The lowest BCUT2D eigenvalue weighted by Gasteiger charge is -2.10. The first-order valence-electron chi connectivity index (χ1n) is 8.28. The summed E-state index contributed by atoms with van der Waals surface area (Å²) in [5, 5.41) is 5.49. The lowest BCUT2D eigenvalue weighted by molar-refractivity contribution is -0.122. The average Bonchev–Trinajstić information content (AvgIpc) is 3.08. The lowest BCUT2D eigenvalue weighted by atomic mass is 10.1. The molecule has 0 aliphatic rings. The van der Waals surface area contributed by atoms with Crippen molar-refractivity contribution in [2.45, 2.75) is 17.7 Å². The van der Waals surface area contributed by atoms with E-state index in [9.17, 15) is 9.59 Å². The molecule has 2 N–H and O–H groups in total. The number of fused-ring (bicyclic) bond motifs is 1. The van der Waals surface area contributed by atoms with Crippen LogP contribution in [0.4, 0.5) is 5.69 Å². The number of nitrogens with one attached hydrogen (secondary N) is 2. The molecule has 3 rings (SSSR count). The zero-order chi connectivity index (χ0) is 18.4. The number of thioether (sulfide) groups is 1. The SMILES string of the molecule is CCc1ccccc1NC(=O)CNC(=O)CSc1nc2ccccc2s1. The monoisotopic (exact) mass is 385 g/mol. The number of rotatable bonds is 7. The summed E-state index contributed by atoms with van der Waals surface area (Å²) in [4.78, 5) is 28.5. The Balaban J connectivity index is 1.45. The smallest absolute Gasteiger partial charge is 0.243 e. The van der Waals surface area contributed by atoms with Gasteiger partial charge in [0.1, 0.15) is 0 Å². The molecule has 2 amide bonds. The molecule has 1 aromatic heterocycles. The maximum Gasteiger partial charge on any atom is 0.243 e. The van der Waals surface area contributed by atoms with Crippen molar-refractivity contribution in [3.8, 4) is 0 Å². The van der Waals surface area contributed by atoms with Gasteiger partial charge in [0.2, 0.25) is 11.8 Å². The maximum atomic E-state index is 12.0. The van der Waals surface area contributed by atoms with Gasteiger partial charge < -0.3 is 10.6 Å². The van der Waals surface area contributed by atoms with E-state index < -0.39 is 0 Å². The van der Waals surface area contributed by atoms with Gasteiger partial charge in [-0.25, -0.2) is 4.98 Å². The van der Waals surface area contributed by atoms with Gasteiger partial charge in [-0.1, -0.05) is 49.0 Å². The van der Waals surface area contributed by atoms with Gasteiger partial charge >= 0.3 is 0 Å². The highest BCUT2D eigenvalue weighted by molar-refractivity contribution is 8.01.